The summed E-state index contributed by atoms with van der Waals surface area (Å²) in [6.07, 6.45) is 4.16. The number of aryl methyl sites for hydroxylation is 1. The van der Waals surface area contributed by atoms with Crippen molar-refractivity contribution in [1.82, 2.24) is 19.6 Å². The average molecular weight is 347 g/mol. The van der Waals surface area contributed by atoms with Crippen LogP contribution in [0, 0.1) is 0 Å². The fraction of sp³-hybridized carbons (Fsp3) is 0.556. The zero-order valence-corrected chi connectivity index (χ0v) is 15.5. The monoisotopic (exact) mass is 346 g/mol. The highest BCUT2D eigenvalue weighted by atomic mass is 32.1. The zero-order valence-electron chi connectivity index (χ0n) is 14.7. The Balaban J connectivity index is 1.59. The van der Waals surface area contributed by atoms with Crippen LogP contribution in [-0.2, 0) is 11.8 Å². The molecule has 0 unspecified atom stereocenters. The molecule has 1 aliphatic rings. The lowest BCUT2D eigenvalue weighted by Crippen LogP contribution is -2.43. The largest absolute Gasteiger partial charge is 0.337 e. The second kappa shape index (κ2) is 7.49. The molecule has 0 spiro atoms. The fourth-order valence-corrected chi connectivity index (χ4v) is 4.29. The summed E-state index contributed by atoms with van der Waals surface area (Å²) < 4.78 is 1.96. The highest BCUT2D eigenvalue weighted by Gasteiger charge is 2.26. The predicted molar refractivity (Wildman–Crippen MR) is 97.1 cm³/mol. The average Bonchev–Trinajstić information content (AvgIpc) is 3.25. The first kappa shape index (κ1) is 17.2. The van der Waals surface area contributed by atoms with E-state index in [1.165, 1.54) is 17.0 Å². The van der Waals surface area contributed by atoms with Crippen LogP contribution in [0.25, 0.3) is 0 Å². The lowest BCUT2D eigenvalue weighted by atomic mass is 9.94. The van der Waals surface area contributed by atoms with Crippen LogP contribution < -0.4 is 0 Å². The number of piperidine rings is 1. The topological polar surface area (TPSA) is 41.4 Å². The van der Waals surface area contributed by atoms with Crippen molar-refractivity contribution in [2.45, 2.75) is 31.7 Å². The van der Waals surface area contributed by atoms with Gasteiger partial charge in [-0.1, -0.05) is 6.07 Å². The number of amides is 1. The van der Waals surface area contributed by atoms with Crippen LogP contribution in [0.2, 0.25) is 0 Å². The van der Waals surface area contributed by atoms with E-state index in [9.17, 15) is 4.79 Å². The van der Waals surface area contributed by atoms with Crippen LogP contribution in [0.15, 0.2) is 29.8 Å². The van der Waals surface area contributed by atoms with Crippen molar-refractivity contribution in [3.05, 3.63) is 40.3 Å². The Kier molecular flexibility index (Phi) is 5.36. The molecular weight excluding hydrogens is 320 g/mol. The van der Waals surface area contributed by atoms with Crippen molar-refractivity contribution in [3.63, 3.8) is 0 Å². The molecule has 0 aromatic carbocycles. The second-order valence-electron chi connectivity index (χ2n) is 6.65. The van der Waals surface area contributed by atoms with Crippen LogP contribution in [0.3, 0.4) is 0 Å². The van der Waals surface area contributed by atoms with Gasteiger partial charge in [0.15, 0.2) is 0 Å². The first-order valence-corrected chi connectivity index (χ1v) is 9.43. The van der Waals surface area contributed by atoms with E-state index in [1.54, 1.807) is 11.3 Å². The van der Waals surface area contributed by atoms with E-state index in [0.29, 0.717) is 12.5 Å². The smallest absolute Gasteiger partial charge is 0.237 e. The number of thiophene rings is 1. The van der Waals surface area contributed by atoms with Gasteiger partial charge in [-0.25, -0.2) is 0 Å². The van der Waals surface area contributed by atoms with Gasteiger partial charge in [0, 0.05) is 43.3 Å². The summed E-state index contributed by atoms with van der Waals surface area (Å²) in [6.45, 7) is 4.53. The number of carbonyl (C=O) groups is 1. The molecule has 2 aromatic heterocycles. The van der Waals surface area contributed by atoms with E-state index < -0.39 is 0 Å². The summed E-state index contributed by atoms with van der Waals surface area (Å²) >= 11 is 1.71. The molecule has 130 valence electrons. The van der Waals surface area contributed by atoms with E-state index in [0.717, 1.165) is 19.5 Å². The van der Waals surface area contributed by atoms with Gasteiger partial charge in [-0.2, -0.15) is 5.10 Å². The van der Waals surface area contributed by atoms with Crippen molar-refractivity contribution < 1.29 is 4.79 Å². The van der Waals surface area contributed by atoms with Crippen molar-refractivity contribution in [3.8, 4) is 0 Å². The third kappa shape index (κ3) is 3.70. The lowest BCUT2D eigenvalue weighted by Gasteiger charge is -2.34. The van der Waals surface area contributed by atoms with E-state index in [2.05, 4.69) is 34.4 Å². The number of likely N-dealkylation sites (N-methyl/N-ethyl adjacent to an activating group) is 1. The summed E-state index contributed by atoms with van der Waals surface area (Å²) in [5.41, 5.74) is 1.27. The van der Waals surface area contributed by atoms with Crippen LogP contribution in [0.1, 0.15) is 42.3 Å². The molecule has 3 heterocycles. The highest BCUT2D eigenvalue weighted by Crippen LogP contribution is 2.27. The molecule has 1 aliphatic heterocycles. The number of hydrogen-bond donors (Lipinski definition) is 0. The minimum Gasteiger partial charge on any atom is -0.337 e. The summed E-state index contributed by atoms with van der Waals surface area (Å²) in [6, 6.07) is 6.37. The molecule has 0 aliphatic carbocycles. The van der Waals surface area contributed by atoms with Gasteiger partial charge in [-0.15, -0.1) is 11.3 Å². The molecule has 24 heavy (non-hydrogen) atoms. The van der Waals surface area contributed by atoms with Gasteiger partial charge in [0.05, 0.1) is 12.6 Å². The Morgan fingerprint density at radius 2 is 2.33 bits per heavy atom. The maximum atomic E-state index is 12.7. The standard InChI is InChI=1S/C18H26N4OS/c1-14(17-7-5-11-24-17)20(2)18(23)13-22-10-4-6-15(12-22)16-8-9-19-21(16)3/h5,7-9,11,14-15H,4,6,10,12-13H2,1-3H3/t14-,15+/m0/s1. The highest BCUT2D eigenvalue weighted by molar-refractivity contribution is 7.10. The van der Waals surface area contributed by atoms with E-state index in [1.807, 2.05) is 35.9 Å². The van der Waals surface area contributed by atoms with Gasteiger partial charge < -0.3 is 4.90 Å². The predicted octanol–water partition coefficient (Wildman–Crippen LogP) is 2.88. The van der Waals surface area contributed by atoms with Gasteiger partial charge in [-0.3, -0.25) is 14.4 Å². The van der Waals surface area contributed by atoms with Gasteiger partial charge in [0.1, 0.15) is 0 Å². The first-order chi connectivity index (χ1) is 11.6. The van der Waals surface area contributed by atoms with Crippen molar-refractivity contribution in [2.24, 2.45) is 7.05 Å². The third-order valence-electron chi connectivity index (χ3n) is 5.07. The van der Waals surface area contributed by atoms with Gasteiger partial charge >= 0.3 is 0 Å². The molecular formula is C18H26N4OS. The Hall–Kier alpha value is -1.66. The molecule has 2 aromatic rings. The molecule has 2 atom stereocenters. The minimum atomic E-state index is 0.134. The number of aromatic nitrogens is 2. The van der Waals surface area contributed by atoms with Crippen LogP contribution in [0.5, 0.6) is 0 Å². The Morgan fingerprint density at radius 3 is 3.00 bits per heavy atom. The molecule has 0 N–H and O–H groups in total. The maximum Gasteiger partial charge on any atom is 0.237 e. The fourth-order valence-electron chi connectivity index (χ4n) is 3.46. The van der Waals surface area contributed by atoms with Crippen LogP contribution >= 0.6 is 11.3 Å². The minimum absolute atomic E-state index is 0.134. The Morgan fingerprint density at radius 1 is 1.50 bits per heavy atom. The number of nitrogens with zero attached hydrogens (tertiary/aromatic N) is 4. The maximum absolute atomic E-state index is 12.7. The Bertz CT molecular complexity index is 666. The normalized spacial score (nSPS) is 20.0. The third-order valence-corrected chi connectivity index (χ3v) is 6.11. The SMILES string of the molecule is C[C@@H](c1cccs1)N(C)C(=O)CN1CCC[C@@H](c2ccnn2C)C1. The summed E-state index contributed by atoms with van der Waals surface area (Å²) in [5.74, 6) is 0.667. The molecule has 6 heteroatoms. The van der Waals surface area contributed by atoms with E-state index >= 15 is 0 Å². The molecule has 0 bridgehead atoms. The molecule has 3 rings (SSSR count). The molecule has 0 radical (unpaired) electrons. The van der Waals surface area contributed by atoms with E-state index in [4.69, 9.17) is 0 Å². The van der Waals surface area contributed by atoms with Crippen LogP contribution in [-0.4, -0.2) is 52.2 Å². The quantitative estimate of drug-likeness (QED) is 0.836. The van der Waals surface area contributed by atoms with Crippen molar-refractivity contribution >= 4 is 17.2 Å². The van der Waals surface area contributed by atoms with Gasteiger partial charge in [-0.05, 0) is 43.8 Å². The number of rotatable bonds is 5. The second-order valence-corrected chi connectivity index (χ2v) is 7.63. The summed E-state index contributed by atoms with van der Waals surface area (Å²) in [7, 11) is 3.91. The first-order valence-electron chi connectivity index (χ1n) is 8.55. The molecule has 1 amide bonds. The molecule has 1 saturated heterocycles. The summed E-state index contributed by atoms with van der Waals surface area (Å²) in [5, 5.41) is 6.34. The van der Waals surface area contributed by atoms with Crippen molar-refractivity contribution in [2.75, 3.05) is 26.7 Å². The van der Waals surface area contributed by atoms with Gasteiger partial charge in [0.2, 0.25) is 5.91 Å². The van der Waals surface area contributed by atoms with Crippen molar-refractivity contribution in [1.29, 1.82) is 0 Å². The van der Waals surface area contributed by atoms with Crippen LogP contribution in [0.4, 0.5) is 0 Å². The lowest BCUT2D eigenvalue weighted by molar-refractivity contribution is -0.133. The number of carbonyl (C=O) groups excluding carboxylic acids is 1. The Labute approximate surface area is 147 Å². The zero-order chi connectivity index (χ0) is 17.1. The molecule has 0 saturated carbocycles. The molecule has 5 nitrogen and oxygen atoms in total. The number of likely N-dealkylation sites (tertiary alicyclic amines) is 1. The number of hydrogen-bond acceptors (Lipinski definition) is 4. The van der Waals surface area contributed by atoms with Gasteiger partial charge in [0.25, 0.3) is 0 Å². The molecule has 1 fully saturated rings. The van der Waals surface area contributed by atoms with E-state index in [-0.39, 0.29) is 11.9 Å². The summed E-state index contributed by atoms with van der Waals surface area (Å²) in [4.78, 5) is 18.1.